The van der Waals surface area contributed by atoms with Gasteiger partial charge in [0.05, 0.1) is 6.42 Å². The van der Waals surface area contributed by atoms with Crippen molar-refractivity contribution in [2.75, 3.05) is 18.8 Å². The highest BCUT2D eigenvalue weighted by Crippen LogP contribution is 2.30. The normalized spacial score (nSPS) is 19.1. The van der Waals surface area contributed by atoms with Gasteiger partial charge in [-0.3, -0.25) is 4.79 Å². The summed E-state index contributed by atoms with van der Waals surface area (Å²) in [6, 6.07) is 6.60. The summed E-state index contributed by atoms with van der Waals surface area (Å²) >= 11 is 1.95. The largest absolute Gasteiger partial charge is 0.342 e. The van der Waals surface area contributed by atoms with Gasteiger partial charge in [0.15, 0.2) is 0 Å². The minimum atomic E-state index is 0.308. The average Bonchev–Trinajstić information content (AvgIpc) is 2.48. The smallest absolute Gasteiger partial charge is 0.226 e. The van der Waals surface area contributed by atoms with Crippen molar-refractivity contribution in [3.8, 4) is 0 Å². The van der Waals surface area contributed by atoms with Crippen LogP contribution in [0.5, 0.6) is 0 Å². The lowest BCUT2D eigenvalue weighted by molar-refractivity contribution is -0.131. The van der Waals surface area contributed by atoms with Gasteiger partial charge >= 0.3 is 0 Å². The second-order valence-corrected chi connectivity index (χ2v) is 6.65. The standard InChI is InChI=1S/C16H21NOS/c18-16(17-8-2-1-3-9-17)12-13-6-7-15-14(11-13)5-4-10-19-15/h6-7,11H,1-5,8-10,12H2. The van der Waals surface area contributed by atoms with E-state index in [4.69, 9.17) is 0 Å². The molecule has 0 spiro atoms. The zero-order valence-electron chi connectivity index (χ0n) is 11.4. The maximum atomic E-state index is 12.3. The van der Waals surface area contributed by atoms with Gasteiger partial charge in [-0.15, -0.1) is 11.8 Å². The third-order valence-corrected chi connectivity index (χ3v) is 5.24. The van der Waals surface area contributed by atoms with E-state index in [9.17, 15) is 4.79 Å². The van der Waals surface area contributed by atoms with Crippen molar-refractivity contribution in [3.05, 3.63) is 29.3 Å². The molecule has 0 N–H and O–H groups in total. The summed E-state index contributed by atoms with van der Waals surface area (Å²) in [6.07, 6.45) is 6.65. The number of amides is 1. The molecule has 0 unspecified atom stereocenters. The van der Waals surface area contributed by atoms with Gasteiger partial charge in [-0.25, -0.2) is 0 Å². The predicted molar refractivity (Wildman–Crippen MR) is 79.6 cm³/mol. The van der Waals surface area contributed by atoms with Gasteiger partial charge < -0.3 is 4.90 Å². The summed E-state index contributed by atoms with van der Waals surface area (Å²) in [6.45, 7) is 1.92. The lowest BCUT2D eigenvalue weighted by atomic mass is 10.0. The molecule has 19 heavy (non-hydrogen) atoms. The first-order valence-electron chi connectivity index (χ1n) is 7.35. The molecule has 1 saturated heterocycles. The molecule has 3 rings (SSSR count). The van der Waals surface area contributed by atoms with Crippen LogP contribution >= 0.6 is 11.8 Å². The van der Waals surface area contributed by atoms with E-state index in [1.165, 1.54) is 53.9 Å². The molecular formula is C16H21NOS. The number of carbonyl (C=O) groups excluding carboxylic acids is 1. The lowest BCUT2D eigenvalue weighted by Gasteiger charge is -2.27. The highest BCUT2D eigenvalue weighted by atomic mass is 32.2. The molecule has 0 saturated carbocycles. The maximum Gasteiger partial charge on any atom is 0.226 e. The van der Waals surface area contributed by atoms with E-state index in [2.05, 4.69) is 18.2 Å². The third kappa shape index (κ3) is 3.14. The Bertz CT molecular complexity index is 466. The van der Waals surface area contributed by atoms with Crippen molar-refractivity contribution in [1.29, 1.82) is 0 Å². The molecule has 102 valence electrons. The number of nitrogens with zero attached hydrogens (tertiary/aromatic N) is 1. The number of rotatable bonds is 2. The van der Waals surface area contributed by atoms with Gasteiger partial charge in [0.2, 0.25) is 5.91 Å². The number of thioether (sulfide) groups is 1. The van der Waals surface area contributed by atoms with Crippen molar-refractivity contribution < 1.29 is 4.79 Å². The zero-order chi connectivity index (χ0) is 13.1. The molecule has 2 aliphatic heterocycles. The molecule has 2 nitrogen and oxygen atoms in total. The van der Waals surface area contributed by atoms with E-state index < -0.39 is 0 Å². The molecular weight excluding hydrogens is 254 g/mol. The van der Waals surface area contributed by atoms with Gasteiger partial charge in [0.1, 0.15) is 0 Å². The lowest BCUT2D eigenvalue weighted by Crippen LogP contribution is -2.36. The molecule has 2 heterocycles. The molecule has 1 fully saturated rings. The Labute approximate surface area is 119 Å². The van der Waals surface area contributed by atoms with E-state index in [-0.39, 0.29) is 0 Å². The van der Waals surface area contributed by atoms with Crippen molar-refractivity contribution >= 4 is 17.7 Å². The van der Waals surface area contributed by atoms with Gasteiger partial charge in [0.25, 0.3) is 0 Å². The van der Waals surface area contributed by atoms with Crippen molar-refractivity contribution in [2.24, 2.45) is 0 Å². The topological polar surface area (TPSA) is 20.3 Å². The van der Waals surface area contributed by atoms with Crippen LogP contribution in [0.4, 0.5) is 0 Å². The molecule has 2 aliphatic rings. The van der Waals surface area contributed by atoms with E-state index in [0.717, 1.165) is 13.1 Å². The number of piperidine rings is 1. The summed E-state index contributed by atoms with van der Waals surface area (Å²) in [5, 5.41) is 0. The van der Waals surface area contributed by atoms with Crippen LogP contribution in [0, 0.1) is 0 Å². The summed E-state index contributed by atoms with van der Waals surface area (Å²) in [4.78, 5) is 15.7. The predicted octanol–water partition coefficient (Wildman–Crippen LogP) is 3.28. The SMILES string of the molecule is O=C(Cc1ccc2c(c1)CCCS2)N1CCCCC1. The molecule has 0 bridgehead atoms. The van der Waals surface area contributed by atoms with Crippen molar-refractivity contribution in [1.82, 2.24) is 4.90 Å². The number of fused-ring (bicyclic) bond motifs is 1. The second kappa shape index (κ2) is 6.00. The van der Waals surface area contributed by atoms with Crippen LogP contribution < -0.4 is 0 Å². The van der Waals surface area contributed by atoms with Crippen LogP contribution in [0.25, 0.3) is 0 Å². The van der Waals surface area contributed by atoms with Crippen LogP contribution in [0.1, 0.15) is 36.8 Å². The Kier molecular flexibility index (Phi) is 4.12. The fourth-order valence-corrected chi connectivity index (χ4v) is 3.97. The summed E-state index contributed by atoms with van der Waals surface area (Å²) in [5.74, 6) is 1.54. The molecule has 1 aromatic rings. The molecule has 1 amide bonds. The molecule has 0 atom stereocenters. The fraction of sp³-hybridized carbons (Fsp3) is 0.562. The summed E-state index contributed by atoms with van der Waals surface area (Å²) < 4.78 is 0. The Morgan fingerprint density at radius 3 is 2.84 bits per heavy atom. The molecule has 0 aromatic heterocycles. The highest BCUT2D eigenvalue weighted by Gasteiger charge is 2.17. The maximum absolute atomic E-state index is 12.3. The minimum absolute atomic E-state index is 0.308. The quantitative estimate of drug-likeness (QED) is 0.825. The number of hydrogen-bond donors (Lipinski definition) is 0. The van der Waals surface area contributed by atoms with Gasteiger partial charge in [0, 0.05) is 18.0 Å². The Hall–Kier alpha value is -0.960. The minimum Gasteiger partial charge on any atom is -0.342 e. The van der Waals surface area contributed by atoms with Crippen LogP contribution in [0.2, 0.25) is 0 Å². The first kappa shape index (κ1) is 13.0. The van der Waals surface area contributed by atoms with Crippen LogP contribution in [0.15, 0.2) is 23.1 Å². The van der Waals surface area contributed by atoms with E-state index in [1.807, 2.05) is 16.7 Å². The fourth-order valence-electron chi connectivity index (χ4n) is 2.95. The van der Waals surface area contributed by atoms with E-state index >= 15 is 0 Å². The van der Waals surface area contributed by atoms with E-state index in [1.54, 1.807) is 0 Å². The summed E-state index contributed by atoms with van der Waals surface area (Å²) in [7, 11) is 0. The number of carbonyl (C=O) groups is 1. The Balaban J connectivity index is 1.67. The molecule has 3 heteroatoms. The average molecular weight is 275 g/mol. The van der Waals surface area contributed by atoms with Gasteiger partial charge in [-0.05, 0) is 55.1 Å². The summed E-state index contributed by atoms with van der Waals surface area (Å²) in [5.41, 5.74) is 2.64. The third-order valence-electron chi connectivity index (χ3n) is 4.04. The Morgan fingerprint density at radius 1 is 1.16 bits per heavy atom. The van der Waals surface area contributed by atoms with Gasteiger partial charge in [-0.1, -0.05) is 12.1 Å². The van der Waals surface area contributed by atoms with Crippen molar-refractivity contribution in [2.45, 2.75) is 43.4 Å². The number of aryl methyl sites for hydroxylation is 1. The Morgan fingerprint density at radius 2 is 2.00 bits per heavy atom. The second-order valence-electron chi connectivity index (χ2n) is 5.51. The van der Waals surface area contributed by atoms with E-state index in [0.29, 0.717) is 12.3 Å². The van der Waals surface area contributed by atoms with Crippen molar-refractivity contribution in [3.63, 3.8) is 0 Å². The molecule has 0 aliphatic carbocycles. The van der Waals surface area contributed by atoms with Crippen LogP contribution in [-0.2, 0) is 17.6 Å². The van der Waals surface area contributed by atoms with Crippen LogP contribution in [-0.4, -0.2) is 29.6 Å². The number of likely N-dealkylation sites (tertiary alicyclic amines) is 1. The first-order chi connectivity index (χ1) is 9.33. The zero-order valence-corrected chi connectivity index (χ0v) is 12.2. The molecule has 0 radical (unpaired) electrons. The monoisotopic (exact) mass is 275 g/mol. The van der Waals surface area contributed by atoms with Gasteiger partial charge in [-0.2, -0.15) is 0 Å². The first-order valence-corrected chi connectivity index (χ1v) is 8.34. The number of benzene rings is 1. The number of hydrogen-bond acceptors (Lipinski definition) is 2. The highest BCUT2D eigenvalue weighted by molar-refractivity contribution is 7.99. The molecule has 1 aromatic carbocycles. The van der Waals surface area contributed by atoms with Crippen LogP contribution in [0.3, 0.4) is 0 Å².